The topological polar surface area (TPSA) is 133 Å². The SMILES string of the molecule is NNc1cc(Sc2nnnn2C2CC2)nc(N)n1. The first kappa shape index (κ1) is 11.2. The number of nitrogens with two attached hydrogens (primary N) is 2. The molecule has 0 saturated heterocycles. The maximum atomic E-state index is 5.58. The number of aromatic nitrogens is 6. The Bertz CT molecular complexity index is 563. The van der Waals surface area contributed by atoms with Gasteiger partial charge in [0, 0.05) is 6.07 Å². The number of tetrazole rings is 1. The molecule has 1 saturated carbocycles. The number of hydrogen-bond donors (Lipinski definition) is 3. The number of nitrogen functional groups attached to an aromatic ring is 2. The van der Waals surface area contributed by atoms with Crippen LogP contribution in [0.4, 0.5) is 11.8 Å². The molecule has 0 unspecified atom stereocenters. The molecule has 2 heterocycles. The highest BCUT2D eigenvalue weighted by Gasteiger charge is 2.28. The van der Waals surface area contributed by atoms with Gasteiger partial charge >= 0.3 is 0 Å². The monoisotopic (exact) mass is 265 g/mol. The van der Waals surface area contributed by atoms with Gasteiger partial charge in [-0.05, 0) is 35.0 Å². The molecule has 1 aliphatic carbocycles. The fourth-order valence-electron chi connectivity index (χ4n) is 1.46. The van der Waals surface area contributed by atoms with E-state index in [2.05, 4.69) is 30.9 Å². The second-order valence-corrected chi connectivity index (χ2v) is 4.82. The van der Waals surface area contributed by atoms with Gasteiger partial charge in [-0.15, -0.1) is 5.10 Å². The summed E-state index contributed by atoms with van der Waals surface area (Å²) in [5, 5.41) is 12.9. The molecule has 5 N–H and O–H groups in total. The number of nitrogens with one attached hydrogen (secondary N) is 1. The quantitative estimate of drug-likeness (QED) is 0.391. The standard InChI is InChI=1S/C8H11N9S/c9-7-11-5(13-10)3-6(12-7)18-8-14-15-16-17(8)4-1-2-4/h3-4H,1-2,10H2,(H3,9,11,12,13). The van der Waals surface area contributed by atoms with Crippen LogP contribution in [0.15, 0.2) is 16.2 Å². The molecular weight excluding hydrogens is 254 g/mol. The lowest BCUT2D eigenvalue weighted by atomic mass is 10.6. The fourth-order valence-corrected chi connectivity index (χ4v) is 2.32. The van der Waals surface area contributed by atoms with Gasteiger partial charge in [0.25, 0.3) is 0 Å². The summed E-state index contributed by atoms with van der Waals surface area (Å²) in [5.74, 6) is 5.90. The second kappa shape index (κ2) is 4.38. The average molecular weight is 265 g/mol. The van der Waals surface area contributed by atoms with E-state index >= 15 is 0 Å². The normalized spacial score (nSPS) is 14.7. The lowest BCUT2D eigenvalue weighted by Crippen LogP contribution is -2.10. The lowest BCUT2D eigenvalue weighted by Gasteiger charge is -2.04. The number of hydrazine groups is 1. The Morgan fingerprint density at radius 1 is 1.39 bits per heavy atom. The molecule has 3 rings (SSSR count). The number of rotatable bonds is 4. The van der Waals surface area contributed by atoms with Gasteiger partial charge in [-0.3, -0.25) is 0 Å². The third kappa shape index (κ3) is 2.19. The minimum atomic E-state index is 0.151. The summed E-state index contributed by atoms with van der Waals surface area (Å²) >= 11 is 1.33. The van der Waals surface area contributed by atoms with Gasteiger partial charge in [-0.1, -0.05) is 0 Å². The molecule has 0 atom stereocenters. The van der Waals surface area contributed by atoms with Crippen LogP contribution < -0.4 is 17.0 Å². The Hall–Kier alpha value is -1.94. The van der Waals surface area contributed by atoms with Crippen molar-refractivity contribution in [1.82, 2.24) is 30.2 Å². The van der Waals surface area contributed by atoms with E-state index in [1.807, 2.05) is 0 Å². The van der Waals surface area contributed by atoms with Crippen LogP contribution in [0.3, 0.4) is 0 Å². The Kier molecular flexibility index (Phi) is 2.72. The van der Waals surface area contributed by atoms with Crippen molar-refractivity contribution in [3.63, 3.8) is 0 Å². The van der Waals surface area contributed by atoms with E-state index in [1.54, 1.807) is 10.7 Å². The molecule has 1 aliphatic rings. The molecule has 0 bridgehead atoms. The molecule has 0 aromatic carbocycles. The molecule has 0 spiro atoms. The van der Waals surface area contributed by atoms with Gasteiger partial charge in [0.2, 0.25) is 11.1 Å². The highest BCUT2D eigenvalue weighted by Crippen LogP contribution is 2.37. The molecule has 2 aromatic rings. The molecule has 0 aliphatic heterocycles. The van der Waals surface area contributed by atoms with E-state index < -0.39 is 0 Å². The smallest absolute Gasteiger partial charge is 0.223 e. The zero-order valence-electron chi connectivity index (χ0n) is 9.32. The van der Waals surface area contributed by atoms with Crippen LogP contribution in [0, 0.1) is 0 Å². The van der Waals surface area contributed by atoms with Gasteiger partial charge in [-0.25, -0.2) is 15.5 Å². The summed E-state index contributed by atoms with van der Waals surface area (Å²) in [6.45, 7) is 0. The molecule has 0 amide bonds. The number of anilines is 2. The zero-order chi connectivity index (χ0) is 12.5. The largest absolute Gasteiger partial charge is 0.368 e. The van der Waals surface area contributed by atoms with Gasteiger partial charge in [0.05, 0.1) is 6.04 Å². The van der Waals surface area contributed by atoms with Crippen LogP contribution in [-0.4, -0.2) is 30.2 Å². The minimum absolute atomic E-state index is 0.151. The van der Waals surface area contributed by atoms with Gasteiger partial charge in [-0.2, -0.15) is 4.98 Å². The summed E-state index contributed by atoms with van der Waals surface area (Å²) in [6, 6.07) is 2.10. The van der Waals surface area contributed by atoms with Crippen molar-refractivity contribution < 1.29 is 0 Å². The van der Waals surface area contributed by atoms with Crippen LogP contribution in [-0.2, 0) is 0 Å². The van der Waals surface area contributed by atoms with Crippen molar-refractivity contribution in [2.45, 2.75) is 29.1 Å². The first-order valence-electron chi connectivity index (χ1n) is 5.33. The minimum Gasteiger partial charge on any atom is -0.368 e. The predicted octanol–water partition coefficient (Wildman–Crippen LogP) is -0.183. The van der Waals surface area contributed by atoms with Crippen molar-refractivity contribution in [2.24, 2.45) is 5.84 Å². The van der Waals surface area contributed by atoms with Crippen molar-refractivity contribution in [3.8, 4) is 0 Å². The summed E-state index contributed by atoms with van der Waals surface area (Å²) in [7, 11) is 0. The maximum absolute atomic E-state index is 5.58. The summed E-state index contributed by atoms with van der Waals surface area (Å²) < 4.78 is 1.80. The Labute approximate surface area is 106 Å². The first-order valence-corrected chi connectivity index (χ1v) is 6.15. The van der Waals surface area contributed by atoms with E-state index in [0.29, 0.717) is 22.0 Å². The van der Waals surface area contributed by atoms with E-state index in [4.69, 9.17) is 11.6 Å². The number of nitrogens with zero attached hydrogens (tertiary/aromatic N) is 6. The maximum Gasteiger partial charge on any atom is 0.223 e. The Morgan fingerprint density at radius 2 is 2.22 bits per heavy atom. The summed E-state index contributed by atoms with van der Waals surface area (Å²) in [6.07, 6.45) is 2.22. The molecule has 2 aromatic heterocycles. The third-order valence-electron chi connectivity index (χ3n) is 2.42. The Balaban J connectivity index is 1.87. The van der Waals surface area contributed by atoms with Crippen molar-refractivity contribution in [2.75, 3.05) is 11.2 Å². The van der Waals surface area contributed by atoms with E-state index in [-0.39, 0.29) is 5.95 Å². The van der Waals surface area contributed by atoms with Crippen molar-refractivity contribution in [1.29, 1.82) is 0 Å². The zero-order valence-corrected chi connectivity index (χ0v) is 10.1. The van der Waals surface area contributed by atoms with Crippen molar-refractivity contribution in [3.05, 3.63) is 6.07 Å². The lowest BCUT2D eigenvalue weighted by molar-refractivity contribution is 0.565. The number of hydrogen-bond acceptors (Lipinski definition) is 9. The molecule has 18 heavy (non-hydrogen) atoms. The molecule has 10 heteroatoms. The van der Waals surface area contributed by atoms with Crippen LogP contribution >= 0.6 is 11.8 Å². The van der Waals surface area contributed by atoms with Gasteiger partial charge in [0.15, 0.2) is 0 Å². The van der Waals surface area contributed by atoms with Crippen molar-refractivity contribution >= 4 is 23.5 Å². The molecule has 1 fully saturated rings. The molecule has 94 valence electrons. The first-order chi connectivity index (χ1) is 8.76. The Morgan fingerprint density at radius 3 is 2.94 bits per heavy atom. The molecule has 0 radical (unpaired) electrons. The van der Waals surface area contributed by atoms with Crippen LogP contribution in [0.25, 0.3) is 0 Å². The van der Waals surface area contributed by atoms with E-state index in [9.17, 15) is 0 Å². The fraction of sp³-hybridized carbons (Fsp3) is 0.375. The third-order valence-corrected chi connectivity index (χ3v) is 3.29. The summed E-state index contributed by atoms with van der Waals surface area (Å²) in [4.78, 5) is 8.01. The predicted molar refractivity (Wildman–Crippen MR) is 64.5 cm³/mol. The van der Waals surface area contributed by atoms with Gasteiger partial charge in [0.1, 0.15) is 10.8 Å². The highest BCUT2D eigenvalue weighted by molar-refractivity contribution is 7.99. The average Bonchev–Trinajstić information content (AvgIpc) is 3.10. The summed E-state index contributed by atoms with van der Waals surface area (Å²) in [5.41, 5.74) is 8.02. The van der Waals surface area contributed by atoms with Crippen LogP contribution in [0.5, 0.6) is 0 Å². The van der Waals surface area contributed by atoms with E-state index in [0.717, 1.165) is 12.8 Å². The molecular formula is C8H11N9S. The van der Waals surface area contributed by atoms with Gasteiger partial charge < -0.3 is 11.2 Å². The van der Waals surface area contributed by atoms with E-state index in [1.165, 1.54) is 11.8 Å². The van der Waals surface area contributed by atoms with Crippen LogP contribution in [0.2, 0.25) is 0 Å². The highest BCUT2D eigenvalue weighted by atomic mass is 32.2. The molecule has 9 nitrogen and oxygen atoms in total. The van der Waals surface area contributed by atoms with Crippen LogP contribution in [0.1, 0.15) is 18.9 Å². The second-order valence-electron chi connectivity index (χ2n) is 3.83.